The van der Waals surface area contributed by atoms with Gasteiger partial charge in [-0.3, -0.25) is 0 Å². The van der Waals surface area contributed by atoms with E-state index in [1.54, 1.807) is 0 Å². The third-order valence-corrected chi connectivity index (χ3v) is 2.95. The van der Waals surface area contributed by atoms with Crippen molar-refractivity contribution in [2.75, 3.05) is 13.6 Å². The van der Waals surface area contributed by atoms with Crippen LogP contribution in [-0.4, -0.2) is 23.1 Å². The van der Waals surface area contributed by atoms with Gasteiger partial charge in [-0.15, -0.1) is 0 Å². The lowest BCUT2D eigenvalue weighted by Crippen LogP contribution is -2.27. The van der Waals surface area contributed by atoms with Gasteiger partial charge in [0.1, 0.15) is 5.15 Å². The SMILES string of the molecule is CNCC1CCc2c(Cl)ncn2C1. The third-order valence-electron chi connectivity index (χ3n) is 2.63. The lowest BCUT2D eigenvalue weighted by molar-refractivity contribution is 0.360. The molecule has 1 aliphatic heterocycles. The summed E-state index contributed by atoms with van der Waals surface area (Å²) >= 11 is 5.93. The summed E-state index contributed by atoms with van der Waals surface area (Å²) in [5.74, 6) is 0.725. The van der Waals surface area contributed by atoms with Gasteiger partial charge < -0.3 is 9.88 Å². The van der Waals surface area contributed by atoms with Gasteiger partial charge in [-0.1, -0.05) is 11.6 Å². The van der Waals surface area contributed by atoms with Gasteiger partial charge in [0.15, 0.2) is 0 Å². The summed E-state index contributed by atoms with van der Waals surface area (Å²) in [4.78, 5) is 4.10. The topological polar surface area (TPSA) is 29.9 Å². The van der Waals surface area contributed by atoms with Crippen LogP contribution >= 0.6 is 11.6 Å². The molecular weight excluding hydrogens is 186 g/mol. The third kappa shape index (κ3) is 1.71. The molecule has 0 spiro atoms. The zero-order valence-electron chi connectivity index (χ0n) is 7.76. The van der Waals surface area contributed by atoms with Crippen LogP contribution in [0.3, 0.4) is 0 Å². The fourth-order valence-electron chi connectivity index (χ4n) is 1.95. The monoisotopic (exact) mass is 199 g/mol. The second-order valence-electron chi connectivity index (χ2n) is 3.60. The van der Waals surface area contributed by atoms with Crippen LogP contribution in [0.5, 0.6) is 0 Å². The zero-order chi connectivity index (χ0) is 9.26. The molecule has 0 aromatic carbocycles. The zero-order valence-corrected chi connectivity index (χ0v) is 8.51. The Kier molecular flexibility index (Phi) is 2.56. The Morgan fingerprint density at radius 2 is 2.62 bits per heavy atom. The molecule has 0 saturated carbocycles. The molecule has 1 aromatic heterocycles. The van der Waals surface area contributed by atoms with E-state index < -0.39 is 0 Å². The number of aromatic nitrogens is 2. The number of fused-ring (bicyclic) bond motifs is 1. The number of nitrogens with zero attached hydrogens (tertiary/aromatic N) is 2. The lowest BCUT2D eigenvalue weighted by atomic mass is 9.98. The van der Waals surface area contributed by atoms with E-state index in [9.17, 15) is 0 Å². The van der Waals surface area contributed by atoms with Crippen molar-refractivity contribution in [2.45, 2.75) is 19.4 Å². The molecule has 0 aliphatic carbocycles. The fraction of sp³-hybridized carbons (Fsp3) is 0.667. The van der Waals surface area contributed by atoms with Crippen molar-refractivity contribution in [3.63, 3.8) is 0 Å². The predicted octanol–water partition coefficient (Wildman–Crippen LogP) is 1.32. The Labute approximate surface area is 83.1 Å². The molecule has 1 atom stereocenters. The van der Waals surface area contributed by atoms with Crippen molar-refractivity contribution in [1.82, 2.24) is 14.9 Å². The largest absolute Gasteiger partial charge is 0.333 e. The van der Waals surface area contributed by atoms with Crippen LogP contribution in [0.4, 0.5) is 0 Å². The van der Waals surface area contributed by atoms with Crippen LogP contribution in [0, 0.1) is 5.92 Å². The van der Waals surface area contributed by atoms with Crippen molar-refractivity contribution >= 4 is 11.6 Å². The van der Waals surface area contributed by atoms with Crippen LogP contribution in [0.25, 0.3) is 0 Å². The number of imidazole rings is 1. The number of hydrogen-bond acceptors (Lipinski definition) is 2. The molecule has 1 unspecified atom stereocenters. The molecule has 3 nitrogen and oxygen atoms in total. The molecule has 1 aliphatic rings. The number of nitrogens with one attached hydrogen (secondary N) is 1. The molecule has 1 N–H and O–H groups in total. The summed E-state index contributed by atoms with van der Waals surface area (Å²) < 4.78 is 2.17. The average Bonchev–Trinajstić information content (AvgIpc) is 2.48. The molecule has 0 fully saturated rings. The molecule has 0 bridgehead atoms. The fourth-order valence-corrected chi connectivity index (χ4v) is 2.20. The van der Waals surface area contributed by atoms with Gasteiger partial charge in [-0.25, -0.2) is 4.98 Å². The van der Waals surface area contributed by atoms with Crippen molar-refractivity contribution < 1.29 is 0 Å². The van der Waals surface area contributed by atoms with Crippen molar-refractivity contribution in [2.24, 2.45) is 5.92 Å². The summed E-state index contributed by atoms with van der Waals surface area (Å²) in [6.45, 7) is 2.13. The highest BCUT2D eigenvalue weighted by atomic mass is 35.5. The van der Waals surface area contributed by atoms with Crippen LogP contribution in [0.1, 0.15) is 12.1 Å². The number of halogens is 1. The molecule has 4 heteroatoms. The number of rotatable bonds is 2. The molecule has 0 radical (unpaired) electrons. The maximum absolute atomic E-state index is 5.93. The normalized spacial score (nSPS) is 21.5. The molecule has 0 saturated heterocycles. The summed E-state index contributed by atoms with van der Waals surface area (Å²) in [5.41, 5.74) is 1.20. The van der Waals surface area contributed by atoms with Crippen LogP contribution < -0.4 is 5.32 Å². The van der Waals surface area contributed by atoms with Crippen molar-refractivity contribution in [3.8, 4) is 0 Å². The minimum Gasteiger partial charge on any atom is -0.333 e. The van der Waals surface area contributed by atoms with E-state index in [0.717, 1.165) is 25.4 Å². The molecule has 2 rings (SSSR count). The van der Waals surface area contributed by atoms with Crippen LogP contribution in [-0.2, 0) is 13.0 Å². The summed E-state index contributed by atoms with van der Waals surface area (Å²) in [7, 11) is 2.00. The maximum atomic E-state index is 5.93. The van der Waals surface area contributed by atoms with E-state index >= 15 is 0 Å². The minimum atomic E-state index is 0.683. The van der Waals surface area contributed by atoms with Gasteiger partial charge in [0.2, 0.25) is 0 Å². The molecular formula is C9H14ClN3. The second kappa shape index (κ2) is 3.68. The Morgan fingerprint density at radius 1 is 1.77 bits per heavy atom. The summed E-state index contributed by atoms with van der Waals surface area (Å²) in [5, 5.41) is 3.89. The smallest absolute Gasteiger partial charge is 0.150 e. The van der Waals surface area contributed by atoms with Crippen LogP contribution in [0.15, 0.2) is 6.33 Å². The van der Waals surface area contributed by atoms with E-state index in [0.29, 0.717) is 5.15 Å². The van der Waals surface area contributed by atoms with Gasteiger partial charge in [-0.2, -0.15) is 0 Å². The first kappa shape index (κ1) is 9.03. The Morgan fingerprint density at radius 3 is 3.38 bits per heavy atom. The Bertz CT molecular complexity index is 295. The first-order valence-corrected chi connectivity index (χ1v) is 5.03. The number of hydrogen-bond donors (Lipinski definition) is 1. The molecule has 1 aromatic rings. The van der Waals surface area contributed by atoms with E-state index in [1.807, 2.05) is 13.4 Å². The highest BCUT2D eigenvalue weighted by Crippen LogP contribution is 2.24. The van der Waals surface area contributed by atoms with Gasteiger partial charge in [0.05, 0.1) is 12.0 Å². The Hall–Kier alpha value is -0.540. The molecule has 0 amide bonds. The van der Waals surface area contributed by atoms with E-state index in [2.05, 4.69) is 14.9 Å². The van der Waals surface area contributed by atoms with Gasteiger partial charge >= 0.3 is 0 Å². The van der Waals surface area contributed by atoms with Crippen molar-refractivity contribution in [1.29, 1.82) is 0 Å². The van der Waals surface area contributed by atoms with Gasteiger partial charge in [-0.05, 0) is 32.4 Å². The maximum Gasteiger partial charge on any atom is 0.150 e. The highest BCUT2D eigenvalue weighted by Gasteiger charge is 2.20. The van der Waals surface area contributed by atoms with Gasteiger partial charge in [0, 0.05) is 6.54 Å². The summed E-state index contributed by atoms with van der Waals surface area (Å²) in [6, 6.07) is 0. The minimum absolute atomic E-state index is 0.683. The standard InChI is InChI=1S/C9H14ClN3/c1-11-4-7-2-3-8-9(10)12-6-13(8)5-7/h6-7,11H,2-5H2,1H3. The van der Waals surface area contributed by atoms with E-state index in [1.165, 1.54) is 12.1 Å². The average molecular weight is 200 g/mol. The first-order valence-electron chi connectivity index (χ1n) is 4.65. The highest BCUT2D eigenvalue weighted by molar-refractivity contribution is 6.30. The lowest BCUT2D eigenvalue weighted by Gasteiger charge is -2.23. The van der Waals surface area contributed by atoms with E-state index in [4.69, 9.17) is 11.6 Å². The van der Waals surface area contributed by atoms with Crippen LogP contribution in [0.2, 0.25) is 5.15 Å². The predicted molar refractivity (Wildman–Crippen MR) is 53.0 cm³/mol. The molecule has 2 heterocycles. The quantitative estimate of drug-likeness (QED) is 0.779. The Balaban J connectivity index is 2.11. The van der Waals surface area contributed by atoms with E-state index in [-0.39, 0.29) is 0 Å². The molecule has 72 valence electrons. The van der Waals surface area contributed by atoms with Gasteiger partial charge in [0.25, 0.3) is 0 Å². The first-order chi connectivity index (χ1) is 6.31. The second-order valence-corrected chi connectivity index (χ2v) is 3.95. The molecule has 13 heavy (non-hydrogen) atoms. The summed E-state index contributed by atoms with van der Waals surface area (Å²) in [6.07, 6.45) is 4.12. The van der Waals surface area contributed by atoms with Crippen molar-refractivity contribution in [3.05, 3.63) is 17.2 Å².